The van der Waals surface area contributed by atoms with Crippen LogP contribution in [0.3, 0.4) is 0 Å². The number of esters is 2. The molecule has 0 aromatic rings. The van der Waals surface area contributed by atoms with E-state index < -0.39 is 17.7 Å². The zero-order valence-electron chi connectivity index (χ0n) is 6.73. The highest BCUT2D eigenvalue weighted by Crippen LogP contribution is 1.87. The average Bonchev–Trinajstić information content (AvgIpc) is 2.06. The first-order valence-corrected chi connectivity index (χ1v) is 3.14. The van der Waals surface area contributed by atoms with Crippen molar-refractivity contribution < 1.29 is 24.3 Å². The van der Waals surface area contributed by atoms with Gasteiger partial charge in [-0.3, -0.25) is 0 Å². The van der Waals surface area contributed by atoms with E-state index in [1.165, 1.54) is 0 Å². The smallest absolute Gasteiger partial charge is 0.368 e. The van der Waals surface area contributed by atoms with Crippen LogP contribution in [0, 0.1) is 0 Å². The average molecular weight is 175 g/mol. The van der Waals surface area contributed by atoms with E-state index in [2.05, 4.69) is 14.6 Å². The van der Waals surface area contributed by atoms with Crippen LogP contribution in [0.5, 0.6) is 0 Å². The lowest BCUT2D eigenvalue weighted by Gasteiger charge is -2.00. The molecule has 0 aliphatic heterocycles. The summed E-state index contributed by atoms with van der Waals surface area (Å²) in [7, 11) is 1.06. The molecule has 0 fully saturated rings. The van der Waals surface area contributed by atoms with E-state index in [0.29, 0.717) is 0 Å². The number of rotatable bonds is 3. The molecule has 0 aromatic heterocycles. The summed E-state index contributed by atoms with van der Waals surface area (Å²) in [5, 5.41) is 10.7. The summed E-state index contributed by atoms with van der Waals surface area (Å²) in [6, 6.07) is 0. The van der Waals surface area contributed by atoms with Crippen LogP contribution >= 0.6 is 0 Å². The minimum absolute atomic E-state index is 0.0921. The summed E-state index contributed by atoms with van der Waals surface area (Å²) < 4.78 is 8.53. The second-order valence-electron chi connectivity index (χ2n) is 1.66. The van der Waals surface area contributed by atoms with Crippen molar-refractivity contribution in [2.24, 2.45) is 5.16 Å². The van der Waals surface area contributed by atoms with Gasteiger partial charge in [0.1, 0.15) is 0 Å². The van der Waals surface area contributed by atoms with Crippen molar-refractivity contribution in [2.45, 2.75) is 6.92 Å². The SMILES string of the molecule is CCOC(=O)/C(=N/O)C(=O)OC. The molecule has 0 amide bonds. The van der Waals surface area contributed by atoms with E-state index in [1.807, 2.05) is 0 Å². The maximum absolute atomic E-state index is 10.8. The van der Waals surface area contributed by atoms with Gasteiger partial charge in [-0.2, -0.15) is 0 Å². The lowest BCUT2D eigenvalue weighted by atomic mass is 10.4. The zero-order chi connectivity index (χ0) is 9.56. The van der Waals surface area contributed by atoms with Crippen molar-refractivity contribution in [1.29, 1.82) is 0 Å². The highest BCUT2D eigenvalue weighted by Gasteiger charge is 2.23. The molecule has 0 atom stereocenters. The standard InChI is InChI=1S/C6H9NO5/c1-3-12-6(9)4(7-10)5(8)11-2/h10H,3H2,1-2H3/b7-4+. The van der Waals surface area contributed by atoms with Crippen LogP contribution in [0.1, 0.15) is 6.92 Å². The zero-order valence-corrected chi connectivity index (χ0v) is 6.73. The topological polar surface area (TPSA) is 85.2 Å². The Hall–Kier alpha value is -1.59. The van der Waals surface area contributed by atoms with E-state index in [4.69, 9.17) is 5.21 Å². The molecule has 0 unspecified atom stereocenters. The molecular weight excluding hydrogens is 166 g/mol. The molecule has 68 valence electrons. The second-order valence-corrected chi connectivity index (χ2v) is 1.66. The molecule has 6 nitrogen and oxygen atoms in total. The van der Waals surface area contributed by atoms with Crippen LogP contribution in [0.15, 0.2) is 5.16 Å². The summed E-state index contributed by atoms with van der Waals surface area (Å²) in [6.07, 6.45) is 0. The predicted octanol–water partition coefficient (Wildman–Crippen LogP) is -0.447. The molecule has 0 rings (SSSR count). The van der Waals surface area contributed by atoms with Crippen molar-refractivity contribution in [3.63, 3.8) is 0 Å². The van der Waals surface area contributed by atoms with Gasteiger partial charge >= 0.3 is 11.9 Å². The lowest BCUT2D eigenvalue weighted by Crippen LogP contribution is -2.27. The van der Waals surface area contributed by atoms with Crippen molar-refractivity contribution in [1.82, 2.24) is 0 Å². The fourth-order valence-electron chi connectivity index (χ4n) is 0.461. The minimum atomic E-state index is -1.03. The summed E-state index contributed by atoms with van der Waals surface area (Å²) in [6.45, 7) is 1.65. The molecule has 1 N–H and O–H groups in total. The van der Waals surface area contributed by atoms with Gasteiger partial charge in [-0.1, -0.05) is 5.16 Å². The van der Waals surface area contributed by atoms with Crippen LogP contribution < -0.4 is 0 Å². The van der Waals surface area contributed by atoms with Crippen molar-refractivity contribution in [2.75, 3.05) is 13.7 Å². The summed E-state index contributed by atoms with van der Waals surface area (Å²) in [5.74, 6) is -2.04. The third kappa shape index (κ3) is 2.57. The van der Waals surface area contributed by atoms with E-state index in [9.17, 15) is 9.59 Å². The number of ether oxygens (including phenoxy) is 2. The van der Waals surface area contributed by atoms with Gasteiger partial charge < -0.3 is 14.7 Å². The van der Waals surface area contributed by atoms with Gasteiger partial charge in [-0.05, 0) is 6.92 Å². The molecular formula is C6H9NO5. The molecule has 0 bridgehead atoms. The van der Waals surface area contributed by atoms with Crippen LogP contribution in [0.4, 0.5) is 0 Å². The number of hydrogen-bond acceptors (Lipinski definition) is 6. The van der Waals surface area contributed by atoms with Crippen LogP contribution in [-0.2, 0) is 19.1 Å². The molecule has 6 heteroatoms. The molecule has 12 heavy (non-hydrogen) atoms. The fourth-order valence-corrected chi connectivity index (χ4v) is 0.461. The van der Waals surface area contributed by atoms with E-state index >= 15 is 0 Å². The van der Waals surface area contributed by atoms with Crippen LogP contribution in [0.25, 0.3) is 0 Å². The number of nitrogens with zero attached hydrogens (tertiary/aromatic N) is 1. The number of oxime groups is 1. The van der Waals surface area contributed by atoms with Crippen LogP contribution in [-0.4, -0.2) is 36.6 Å². The van der Waals surface area contributed by atoms with Gasteiger partial charge in [0.15, 0.2) is 0 Å². The number of hydrogen-bond donors (Lipinski definition) is 1. The molecule has 0 heterocycles. The molecule has 0 aromatic carbocycles. The van der Waals surface area contributed by atoms with Gasteiger partial charge in [0.05, 0.1) is 13.7 Å². The first kappa shape index (κ1) is 10.4. The predicted molar refractivity (Wildman–Crippen MR) is 37.9 cm³/mol. The van der Waals surface area contributed by atoms with Crippen molar-refractivity contribution in [3.8, 4) is 0 Å². The quantitative estimate of drug-likeness (QED) is 0.206. The molecule has 0 spiro atoms. The monoisotopic (exact) mass is 175 g/mol. The summed E-state index contributed by atoms with van der Waals surface area (Å²) >= 11 is 0. The number of methoxy groups -OCH3 is 1. The molecule has 0 saturated carbocycles. The van der Waals surface area contributed by atoms with Crippen molar-refractivity contribution in [3.05, 3.63) is 0 Å². The van der Waals surface area contributed by atoms with Crippen molar-refractivity contribution >= 4 is 17.7 Å². The summed E-state index contributed by atoms with van der Waals surface area (Å²) in [5.41, 5.74) is -0.764. The first-order valence-electron chi connectivity index (χ1n) is 3.14. The Morgan fingerprint density at radius 2 is 2.00 bits per heavy atom. The Morgan fingerprint density at radius 1 is 1.42 bits per heavy atom. The summed E-state index contributed by atoms with van der Waals surface area (Å²) in [4.78, 5) is 21.4. The second kappa shape index (κ2) is 5.11. The normalized spacial score (nSPS) is 10.7. The minimum Gasteiger partial charge on any atom is -0.464 e. The van der Waals surface area contributed by atoms with E-state index in [0.717, 1.165) is 7.11 Å². The molecule has 0 saturated heterocycles. The first-order chi connectivity index (χ1) is 5.67. The van der Waals surface area contributed by atoms with Gasteiger partial charge in [0.2, 0.25) is 0 Å². The van der Waals surface area contributed by atoms with Gasteiger partial charge in [-0.25, -0.2) is 9.59 Å². The fraction of sp³-hybridized carbons (Fsp3) is 0.500. The Bertz CT molecular complexity index is 210. The Labute approximate surface area is 68.8 Å². The van der Waals surface area contributed by atoms with E-state index in [-0.39, 0.29) is 6.61 Å². The van der Waals surface area contributed by atoms with Gasteiger partial charge in [0, 0.05) is 0 Å². The lowest BCUT2D eigenvalue weighted by molar-refractivity contribution is -0.139. The number of carbonyl (C=O) groups is 2. The largest absolute Gasteiger partial charge is 0.464 e. The molecule has 0 radical (unpaired) electrons. The Balaban J connectivity index is 4.37. The highest BCUT2D eigenvalue weighted by molar-refractivity contribution is 6.62. The third-order valence-electron chi connectivity index (χ3n) is 0.948. The maximum atomic E-state index is 10.8. The Morgan fingerprint density at radius 3 is 2.33 bits per heavy atom. The van der Waals surface area contributed by atoms with Crippen LogP contribution in [0.2, 0.25) is 0 Å². The third-order valence-corrected chi connectivity index (χ3v) is 0.948. The molecule has 0 aliphatic carbocycles. The molecule has 0 aliphatic rings. The maximum Gasteiger partial charge on any atom is 0.368 e. The Kier molecular flexibility index (Phi) is 4.43. The van der Waals surface area contributed by atoms with Gasteiger partial charge in [-0.15, -0.1) is 0 Å². The highest BCUT2D eigenvalue weighted by atomic mass is 16.6. The van der Waals surface area contributed by atoms with Gasteiger partial charge in [0.25, 0.3) is 5.71 Å². The number of carbonyl (C=O) groups excluding carboxylic acids is 2. The van der Waals surface area contributed by atoms with E-state index in [1.54, 1.807) is 6.92 Å².